The van der Waals surface area contributed by atoms with Crippen molar-refractivity contribution in [3.8, 4) is 6.07 Å². The van der Waals surface area contributed by atoms with Crippen LogP contribution in [0.1, 0.15) is 17.3 Å². The Morgan fingerprint density at radius 3 is 3.10 bits per heavy atom. The Labute approximate surface area is 121 Å². The minimum atomic E-state index is -0.623. The highest BCUT2D eigenvalue weighted by molar-refractivity contribution is 5.96. The Kier molecular flexibility index (Phi) is 4.60. The van der Waals surface area contributed by atoms with Gasteiger partial charge in [-0.2, -0.15) is 5.26 Å². The predicted octanol–water partition coefficient (Wildman–Crippen LogP) is 1.31. The number of anilines is 2. The fraction of sp³-hybridized carbons (Fsp3) is 0.429. The number of nitriles is 1. The van der Waals surface area contributed by atoms with Crippen molar-refractivity contribution in [2.75, 3.05) is 36.9 Å². The Bertz CT molecular complexity index is 586. The van der Waals surface area contributed by atoms with Gasteiger partial charge in [-0.25, -0.2) is 9.18 Å². The van der Waals surface area contributed by atoms with Gasteiger partial charge in [-0.3, -0.25) is 0 Å². The molecule has 6 nitrogen and oxygen atoms in total. The van der Waals surface area contributed by atoms with Crippen molar-refractivity contribution in [1.29, 1.82) is 5.26 Å². The van der Waals surface area contributed by atoms with Crippen LogP contribution in [0.15, 0.2) is 12.1 Å². The number of nitrogen functional groups attached to an aromatic ring is 1. The Hall–Kier alpha value is -2.33. The van der Waals surface area contributed by atoms with Crippen LogP contribution in [0.5, 0.6) is 0 Å². The summed E-state index contributed by atoms with van der Waals surface area (Å²) in [6.45, 7) is 2.87. The predicted molar refractivity (Wildman–Crippen MR) is 74.3 cm³/mol. The lowest BCUT2D eigenvalue weighted by atomic mass is 10.1. The molecule has 1 heterocycles. The fourth-order valence-electron chi connectivity index (χ4n) is 2.15. The van der Waals surface area contributed by atoms with E-state index in [2.05, 4.69) is 0 Å². The number of ether oxygens (including phenoxy) is 2. The number of rotatable bonds is 3. The van der Waals surface area contributed by atoms with Crippen LogP contribution in [-0.4, -0.2) is 38.4 Å². The molecule has 1 aliphatic heterocycles. The molecule has 0 radical (unpaired) electrons. The van der Waals surface area contributed by atoms with Gasteiger partial charge in [0.05, 0.1) is 37.1 Å². The fourth-order valence-corrected chi connectivity index (χ4v) is 2.15. The van der Waals surface area contributed by atoms with Crippen molar-refractivity contribution in [3.63, 3.8) is 0 Å². The largest absolute Gasteiger partial charge is 0.462 e. The summed E-state index contributed by atoms with van der Waals surface area (Å²) in [4.78, 5) is 13.5. The van der Waals surface area contributed by atoms with Crippen molar-refractivity contribution < 1.29 is 18.7 Å². The summed E-state index contributed by atoms with van der Waals surface area (Å²) in [7, 11) is 0. The van der Waals surface area contributed by atoms with Crippen molar-refractivity contribution >= 4 is 17.3 Å². The third kappa shape index (κ3) is 3.23. The van der Waals surface area contributed by atoms with Gasteiger partial charge in [-0.15, -0.1) is 0 Å². The standard InChI is InChI=1S/C14H16FN3O3/c1-2-20-14(19)10-5-13(11(15)6-12(10)17)18-3-4-21-9(7-16)8-18/h5-6,9H,2-4,8,17H2,1H3. The van der Waals surface area contributed by atoms with E-state index in [1.807, 2.05) is 6.07 Å². The molecule has 0 aliphatic carbocycles. The molecule has 21 heavy (non-hydrogen) atoms. The summed E-state index contributed by atoms with van der Waals surface area (Å²) in [5, 5.41) is 8.89. The maximum absolute atomic E-state index is 14.1. The first-order valence-corrected chi connectivity index (χ1v) is 6.59. The van der Waals surface area contributed by atoms with Crippen molar-refractivity contribution in [3.05, 3.63) is 23.5 Å². The SMILES string of the molecule is CCOC(=O)c1cc(N2CCOC(C#N)C2)c(F)cc1N. The van der Waals surface area contributed by atoms with Gasteiger partial charge in [0.1, 0.15) is 5.82 Å². The van der Waals surface area contributed by atoms with Crippen molar-refractivity contribution in [1.82, 2.24) is 0 Å². The molecule has 1 fully saturated rings. The Balaban J connectivity index is 2.33. The van der Waals surface area contributed by atoms with Crippen LogP contribution in [0.3, 0.4) is 0 Å². The quantitative estimate of drug-likeness (QED) is 0.668. The van der Waals surface area contributed by atoms with Crippen LogP contribution in [-0.2, 0) is 9.47 Å². The summed E-state index contributed by atoms with van der Waals surface area (Å²) >= 11 is 0. The lowest BCUT2D eigenvalue weighted by molar-refractivity contribution is 0.0527. The van der Waals surface area contributed by atoms with Gasteiger partial charge in [0.15, 0.2) is 6.10 Å². The molecule has 2 N–H and O–H groups in total. The normalized spacial score (nSPS) is 18.1. The van der Waals surface area contributed by atoms with E-state index in [1.54, 1.807) is 11.8 Å². The number of benzene rings is 1. The summed E-state index contributed by atoms with van der Waals surface area (Å²) in [5.41, 5.74) is 6.03. The first kappa shape index (κ1) is 15.1. The summed E-state index contributed by atoms with van der Waals surface area (Å²) in [6.07, 6.45) is -0.623. The highest BCUT2D eigenvalue weighted by atomic mass is 19.1. The van der Waals surface area contributed by atoms with Crippen LogP contribution < -0.4 is 10.6 Å². The maximum atomic E-state index is 14.1. The zero-order valence-electron chi connectivity index (χ0n) is 11.6. The van der Waals surface area contributed by atoms with E-state index in [0.29, 0.717) is 13.2 Å². The van der Waals surface area contributed by atoms with E-state index in [4.69, 9.17) is 20.5 Å². The van der Waals surface area contributed by atoms with Crippen molar-refractivity contribution in [2.24, 2.45) is 0 Å². The number of halogens is 1. The zero-order valence-corrected chi connectivity index (χ0v) is 11.6. The number of esters is 1. The second kappa shape index (κ2) is 6.41. The minimum Gasteiger partial charge on any atom is -0.462 e. The number of carbonyl (C=O) groups is 1. The van der Waals surface area contributed by atoms with E-state index in [-0.39, 0.29) is 30.1 Å². The number of morpholine rings is 1. The van der Waals surface area contributed by atoms with E-state index in [0.717, 1.165) is 6.07 Å². The maximum Gasteiger partial charge on any atom is 0.340 e. The molecule has 0 spiro atoms. The average Bonchev–Trinajstić information content (AvgIpc) is 2.47. The summed E-state index contributed by atoms with van der Waals surface area (Å²) < 4.78 is 24.2. The topological polar surface area (TPSA) is 88.6 Å². The Morgan fingerprint density at radius 2 is 2.43 bits per heavy atom. The summed E-state index contributed by atoms with van der Waals surface area (Å²) in [6, 6.07) is 4.45. The number of hydrogen-bond donors (Lipinski definition) is 1. The zero-order chi connectivity index (χ0) is 15.4. The van der Waals surface area contributed by atoms with Gasteiger partial charge in [-0.05, 0) is 19.1 Å². The van der Waals surface area contributed by atoms with Gasteiger partial charge >= 0.3 is 5.97 Å². The van der Waals surface area contributed by atoms with E-state index in [1.165, 1.54) is 6.07 Å². The highest BCUT2D eigenvalue weighted by Crippen LogP contribution is 2.27. The molecule has 1 aromatic rings. The number of nitrogens with two attached hydrogens (primary N) is 1. The van der Waals surface area contributed by atoms with E-state index in [9.17, 15) is 9.18 Å². The molecule has 112 valence electrons. The summed E-state index contributed by atoms with van der Waals surface area (Å²) in [5.74, 6) is -1.14. The molecule has 7 heteroatoms. The van der Waals surface area contributed by atoms with Gasteiger partial charge in [0.25, 0.3) is 0 Å². The van der Waals surface area contributed by atoms with Gasteiger partial charge in [0, 0.05) is 12.2 Å². The molecule has 1 saturated heterocycles. The lowest BCUT2D eigenvalue weighted by Crippen LogP contribution is -2.42. The molecular formula is C14H16FN3O3. The first-order valence-electron chi connectivity index (χ1n) is 6.59. The molecule has 0 bridgehead atoms. The Morgan fingerprint density at radius 1 is 1.67 bits per heavy atom. The number of nitrogens with zero attached hydrogens (tertiary/aromatic N) is 2. The molecule has 2 rings (SSSR count). The van der Waals surface area contributed by atoms with Crippen LogP contribution in [0.25, 0.3) is 0 Å². The smallest absolute Gasteiger partial charge is 0.340 e. The molecule has 0 amide bonds. The lowest BCUT2D eigenvalue weighted by Gasteiger charge is -2.32. The molecule has 1 aromatic carbocycles. The van der Waals surface area contributed by atoms with Gasteiger partial charge in [0.2, 0.25) is 0 Å². The number of hydrogen-bond acceptors (Lipinski definition) is 6. The average molecular weight is 293 g/mol. The molecule has 1 atom stereocenters. The third-order valence-corrected chi connectivity index (χ3v) is 3.17. The molecule has 1 unspecified atom stereocenters. The second-order valence-electron chi connectivity index (χ2n) is 4.55. The molecule has 0 saturated carbocycles. The van der Waals surface area contributed by atoms with Crippen LogP contribution in [0.4, 0.5) is 15.8 Å². The highest BCUT2D eigenvalue weighted by Gasteiger charge is 2.24. The minimum absolute atomic E-state index is 0.0276. The molecule has 0 aromatic heterocycles. The van der Waals surface area contributed by atoms with E-state index < -0.39 is 17.9 Å². The number of carbonyl (C=O) groups excluding carboxylic acids is 1. The van der Waals surface area contributed by atoms with Crippen LogP contribution in [0.2, 0.25) is 0 Å². The van der Waals surface area contributed by atoms with Crippen molar-refractivity contribution in [2.45, 2.75) is 13.0 Å². The van der Waals surface area contributed by atoms with E-state index >= 15 is 0 Å². The van der Waals surface area contributed by atoms with Crippen LogP contribution >= 0.6 is 0 Å². The van der Waals surface area contributed by atoms with Gasteiger partial charge < -0.3 is 20.1 Å². The van der Waals surface area contributed by atoms with Gasteiger partial charge in [-0.1, -0.05) is 0 Å². The first-order chi connectivity index (χ1) is 10.1. The molecular weight excluding hydrogens is 277 g/mol. The second-order valence-corrected chi connectivity index (χ2v) is 4.55. The van der Waals surface area contributed by atoms with Crippen LogP contribution in [0, 0.1) is 17.1 Å². The monoisotopic (exact) mass is 293 g/mol. The molecule has 1 aliphatic rings. The third-order valence-electron chi connectivity index (χ3n) is 3.17.